The minimum Gasteiger partial charge on any atom is -0.377 e. The maximum Gasteiger partial charge on any atom is 0.222 e. The van der Waals surface area contributed by atoms with Gasteiger partial charge in [-0.25, -0.2) is 0 Å². The van der Waals surface area contributed by atoms with Gasteiger partial charge in [0.1, 0.15) is 0 Å². The molecule has 1 amide bonds. The van der Waals surface area contributed by atoms with Crippen LogP contribution in [-0.4, -0.2) is 43.7 Å². The zero-order chi connectivity index (χ0) is 14.2. The Morgan fingerprint density at radius 1 is 1.33 bits per heavy atom. The summed E-state index contributed by atoms with van der Waals surface area (Å²) in [5.74, 6) is 0.187. The van der Waals surface area contributed by atoms with Gasteiger partial charge in [0.25, 0.3) is 0 Å². The molecule has 0 heterocycles. The molecule has 0 aromatic rings. The Kier molecular flexibility index (Phi) is 8.20. The number of carbonyl (C=O) groups is 1. The van der Waals surface area contributed by atoms with E-state index in [4.69, 9.17) is 10.5 Å². The first-order valence-corrected chi connectivity index (χ1v) is 6.84. The highest BCUT2D eigenvalue weighted by Crippen LogP contribution is 2.26. The molecule has 4 nitrogen and oxygen atoms in total. The number of amides is 1. The average molecular weight is 258 g/mol. The van der Waals surface area contributed by atoms with Gasteiger partial charge in [0.2, 0.25) is 5.91 Å². The molecule has 0 saturated heterocycles. The van der Waals surface area contributed by atoms with Crippen LogP contribution >= 0.6 is 0 Å². The van der Waals surface area contributed by atoms with Gasteiger partial charge in [-0.05, 0) is 38.6 Å². The number of carbonyl (C=O) groups excluding carboxylic acids is 1. The number of nitrogens with two attached hydrogens (primary N) is 1. The monoisotopic (exact) mass is 258 g/mol. The van der Waals surface area contributed by atoms with E-state index >= 15 is 0 Å². The van der Waals surface area contributed by atoms with E-state index in [9.17, 15) is 4.79 Å². The van der Waals surface area contributed by atoms with Gasteiger partial charge in [-0.1, -0.05) is 13.8 Å². The topological polar surface area (TPSA) is 55.6 Å². The number of ether oxygens (including phenoxy) is 1. The summed E-state index contributed by atoms with van der Waals surface area (Å²) in [7, 11) is 1.84. The predicted molar refractivity (Wildman–Crippen MR) is 75.4 cm³/mol. The number of hydrogen-bond acceptors (Lipinski definition) is 3. The molecule has 0 fully saturated rings. The van der Waals surface area contributed by atoms with Crippen molar-refractivity contribution >= 4 is 5.91 Å². The summed E-state index contributed by atoms with van der Waals surface area (Å²) < 4.78 is 5.44. The standard InChI is InChI=1S/C14H30N2O2/c1-12(2)18-11-10-16(5)13(17)6-7-14(3,4)8-9-15/h12H,6-11,15H2,1-5H3. The molecule has 0 rings (SSSR count). The van der Waals surface area contributed by atoms with Crippen molar-refractivity contribution in [1.29, 1.82) is 0 Å². The van der Waals surface area contributed by atoms with Crippen molar-refractivity contribution in [3.8, 4) is 0 Å². The minimum absolute atomic E-state index is 0.152. The number of nitrogens with zero attached hydrogens (tertiary/aromatic N) is 1. The second-order valence-corrected chi connectivity index (χ2v) is 5.94. The van der Waals surface area contributed by atoms with Gasteiger partial charge in [-0.2, -0.15) is 0 Å². The molecule has 0 aliphatic heterocycles. The summed E-state index contributed by atoms with van der Waals surface area (Å²) in [5.41, 5.74) is 5.72. The maximum absolute atomic E-state index is 11.9. The molecule has 0 spiro atoms. The second kappa shape index (κ2) is 8.48. The van der Waals surface area contributed by atoms with Gasteiger partial charge in [-0.3, -0.25) is 4.79 Å². The van der Waals surface area contributed by atoms with Crippen LogP contribution in [0.4, 0.5) is 0 Å². The molecule has 108 valence electrons. The zero-order valence-electron chi connectivity index (χ0n) is 12.7. The first kappa shape index (κ1) is 17.4. The van der Waals surface area contributed by atoms with E-state index in [1.165, 1.54) is 0 Å². The van der Waals surface area contributed by atoms with Crippen molar-refractivity contribution in [1.82, 2.24) is 4.90 Å². The van der Waals surface area contributed by atoms with Crippen LogP contribution in [0, 0.1) is 5.41 Å². The van der Waals surface area contributed by atoms with Gasteiger partial charge in [0.15, 0.2) is 0 Å². The van der Waals surface area contributed by atoms with E-state index in [2.05, 4.69) is 13.8 Å². The zero-order valence-corrected chi connectivity index (χ0v) is 12.7. The second-order valence-electron chi connectivity index (χ2n) is 5.94. The summed E-state index contributed by atoms with van der Waals surface area (Å²) >= 11 is 0. The predicted octanol–water partition coefficient (Wildman–Crippen LogP) is 2.02. The molecule has 0 bridgehead atoms. The van der Waals surface area contributed by atoms with Crippen LogP contribution in [-0.2, 0) is 9.53 Å². The van der Waals surface area contributed by atoms with Gasteiger partial charge in [-0.15, -0.1) is 0 Å². The number of rotatable bonds is 9. The maximum atomic E-state index is 11.9. The smallest absolute Gasteiger partial charge is 0.222 e. The van der Waals surface area contributed by atoms with Crippen molar-refractivity contribution in [3.05, 3.63) is 0 Å². The molecule has 0 saturated carbocycles. The minimum atomic E-state index is 0.152. The molecule has 0 aliphatic rings. The summed E-state index contributed by atoms with van der Waals surface area (Å²) in [6.07, 6.45) is 2.65. The lowest BCUT2D eigenvalue weighted by Gasteiger charge is -2.25. The third-order valence-electron chi connectivity index (χ3n) is 3.14. The fourth-order valence-electron chi connectivity index (χ4n) is 1.70. The molecular weight excluding hydrogens is 228 g/mol. The Morgan fingerprint density at radius 3 is 2.44 bits per heavy atom. The van der Waals surface area contributed by atoms with Crippen molar-refractivity contribution in [3.63, 3.8) is 0 Å². The molecule has 0 aromatic carbocycles. The lowest BCUT2D eigenvalue weighted by Crippen LogP contribution is -2.31. The highest BCUT2D eigenvalue weighted by atomic mass is 16.5. The fraction of sp³-hybridized carbons (Fsp3) is 0.929. The molecule has 0 radical (unpaired) electrons. The van der Waals surface area contributed by atoms with Gasteiger partial charge in [0, 0.05) is 20.0 Å². The van der Waals surface area contributed by atoms with E-state index in [0.717, 1.165) is 12.8 Å². The third kappa shape index (κ3) is 8.48. The normalized spacial score (nSPS) is 11.9. The highest BCUT2D eigenvalue weighted by Gasteiger charge is 2.19. The largest absolute Gasteiger partial charge is 0.377 e. The van der Waals surface area contributed by atoms with Crippen LogP contribution in [0.5, 0.6) is 0 Å². The Balaban J connectivity index is 3.87. The van der Waals surface area contributed by atoms with Crippen LogP contribution < -0.4 is 5.73 Å². The van der Waals surface area contributed by atoms with Crippen molar-refractivity contribution in [2.45, 2.75) is 53.1 Å². The van der Waals surface area contributed by atoms with Crippen molar-refractivity contribution < 1.29 is 9.53 Å². The Labute approximate surface area is 112 Å². The van der Waals surface area contributed by atoms with Gasteiger partial charge >= 0.3 is 0 Å². The summed E-state index contributed by atoms with van der Waals surface area (Å²) in [4.78, 5) is 13.7. The molecule has 0 atom stereocenters. The number of likely N-dealkylation sites (N-methyl/N-ethyl adjacent to an activating group) is 1. The molecule has 4 heteroatoms. The van der Waals surface area contributed by atoms with E-state index in [1.54, 1.807) is 4.90 Å². The Bertz CT molecular complexity index is 240. The molecule has 0 unspecified atom stereocenters. The fourth-order valence-corrected chi connectivity index (χ4v) is 1.70. The molecule has 0 aromatic heterocycles. The van der Waals surface area contributed by atoms with Gasteiger partial charge < -0.3 is 15.4 Å². The van der Waals surface area contributed by atoms with Crippen LogP contribution in [0.2, 0.25) is 0 Å². The quantitative estimate of drug-likeness (QED) is 0.688. The lowest BCUT2D eigenvalue weighted by molar-refractivity contribution is -0.131. The van der Waals surface area contributed by atoms with Gasteiger partial charge in [0.05, 0.1) is 12.7 Å². The third-order valence-corrected chi connectivity index (χ3v) is 3.14. The van der Waals surface area contributed by atoms with E-state index in [1.807, 2.05) is 20.9 Å². The van der Waals surface area contributed by atoms with Crippen molar-refractivity contribution in [2.24, 2.45) is 11.1 Å². The van der Waals surface area contributed by atoms with Crippen LogP contribution in [0.15, 0.2) is 0 Å². The lowest BCUT2D eigenvalue weighted by atomic mass is 9.84. The first-order valence-electron chi connectivity index (χ1n) is 6.84. The average Bonchev–Trinajstić information content (AvgIpc) is 2.25. The molecular formula is C14H30N2O2. The number of hydrogen-bond donors (Lipinski definition) is 1. The van der Waals surface area contributed by atoms with E-state index < -0.39 is 0 Å². The first-order chi connectivity index (χ1) is 8.28. The summed E-state index contributed by atoms with van der Waals surface area (Å²) in [5, 5.41) is 0. The van der Waals surface area contributed by atoms with Crippen LogP contribution in [0.25, 0.3) is 0 Å². The molecule has 18 heavy (non-hydrogen) atoms. The van der Waals surface area contributed by atoms with Crippen molar-refractivity contribution in [2.75, 3.05) is 26.7 Å². The summed E-state index contributed by atoms with van der Waals surface area (Å²) in [6.45, 7) is 10.3. The summed E-state index contributed by atoms with van der Waals surface area (Å²) in [6, 6.07) is 0. The van der Waals surface area contributed by atoms with Crippen LogP contribution in [0.3, 0.4) is 0 Å². The van der Waals surface area contributed by atoms with E-state index in [0.29, 0.717) is 26.1 Å². The molecule has 2 N–H and O–H groups in total. The molecule has 0 aliphatic carbocycles. The SMILES string of the molecule is CC(C)OCCN(C)C(=O)CCC(C)(C)CCN. The Hall–Kier alpha value is -0.610. The van der Waals surface area contributed by atoms with E-state index in [-0.39, 0.29) is 17.4 Å². The van der Waals surface area contributed by atoms with Crippen LogP contribution in [0.1, 0.15) is 47.0 Å². The Morgan fingerprint density at radius 2 is 1.94 bits per heavy atom. The highest BCUT2D eigenvalue weighted by molar-refractivity contribution is 5.75.